The lowest BCUT2D eigenvalue weighted by Gasteiger charge is -2.26. The molecule has 0 bridgehead atoms. The molecule has 24 heavy (non-hydrogen) atoms. The molecule has 1 aliphatic rings. The number of carbonyl (C=O) groups excluding carboxylic acids is 1. The Morgan fingerprint density at radius 3 is 2.54 bits per heavy atom. The molecule has 1 saturated heterocycles. The molecule has 4 nitrogen and oxygen atoms in total. The van der Waals surface area contributed by atoms with Crippen molar-refractivity contribution in [3.05, 3.63) is 36.0 Å². The number of carbonyl (C=O) groups is 1. The fourth-order valence-corrected chi connectivity index (χ4v) is 3.37. The van der Waals surface area contributed by atoms with Gasteiger partial charge in [-0.2, -0.15) is 0 Å². The first kappa shape index (κ1) is 17.0. The van der Waals surface area contributed by atoms with Crippen LogP contribution in [0.5, 0.6) is 0 Å². The zero-order chi connectivity index (χ0) is 17.2. The highest BCUT2D eigenvalue weighted by Gasteiger charge is 2.21. The first-order valence-corrected chi connectivity index (χ1v) is 8.99. The van der Waals surface area contributed by atoms with Crippen molar-refractivity contribution < 1.29 is 9.53 Å². The fraction of sp³-hybridized carbons (Fsp3) is 0.550. The minimum atomic E-state index is -0.490. The van der Waals surface area contributed by atoms with Gasteiger partial charge in [0.1, 0.15) is 5.60 Å². The normalized spacial score (nSPS) is 16.5. The molecule has 0 saturated carbocycles. The summed E-state index contributed by atoms with van der Waals surface area (Å²) < 4.78 is 7.21. The van der Waals surface area contributed by atoms with E-state index in [9.17, 15) is 4.79 Å². The standard InChI is InChI=1S/C20H28N2O2/c1-20(2,3)24-19(23)22-15-16(17-9-5-6-10-18(17)22)11-14-21-12-7-4-8-13-21/h5-6,9-10,15H,4,7-8,11-14H2,1-3H3. The average Bonchev–Trinajstić information content (AvgIpc) is 2.91. The van der Waals surface area contributed by atoms with Gasteiger partial charge in [-0.05, 0) is 64.8 Å². The summed E-state index contributed by atoms with van der Waals surface area (Å²) >= 11 is 0. The van der Waals surface area contributed by atoms with Crippen molar-refractivity contribution >= 4 is 17.0 Å². The second-order valence-corrected chi connectivity index (χ2v) is 7.67. The van der Waals surface area contributed by atoms with E-state index in [1.807, 2.05) is 45.2 Å². The third-order valence-corrected chi connectivity index (χ3v) is 4.53. The molecule has 1 aromatic carbocycles. The van der Waals surface area contributed by atoms with Gasteiger partial charge in [-0.3, -0.25) is 4.57 Å². The van der Waals surface area contributed by atoms with E-state index in [1.165, 1.54) is 37.9 Å². The molecule has 4 heteroatoms. The summed E-state index contributed by atoms with van der Waals surface area (Å²) in [5, 5.41) is 1.15. The van der Waals surface area contributed by atoms with Crippen LogP contribution in [-0.2, 0) is 11.2 Å². The lowest BCUT2D eigenvalue weighted by molar-refractivity contribution is 0.0544. The lowest BCUT2D eigenvalue weighted by Crippen LogP contribution is -2.31. The summed E-state index contributed by atoms with van der Waals surface area (Å²) in [6.07, 6.45) is 6.59. The van der Waals surface area contributed by atoms with Gasteiger partial charge in [0, 0.05) is 18.1 Å². The van der Waals surface area contributed by atoms with E-state index in [-0.39, 0.29) is 6.09 Å². The van der Waals surface area contributed by atoms with Gasteiger partial charge in [-0.1, -0.05) is 24.6 Å². The molecule has 0 radical (unpaired) electrons. The van der Waals surface area contributed by atoms with Gasteiger partial charge in [0.25, 0.3) is 0 Å². The number of rotatable bonds is 3. The smallest absolute Gasteiger partial charge is 0.419 e. The van der Waals surface area contributed by atoms with E-state index in [4.69, 9.17) is 4.74 Å². The van der Waals surface area contributed by atoms with E-state index in [2.05, 4.69) is 11.0 Å². The maximum atomic E-state index is 12.5. The SMILES string of the molecule is CC(C)(C)OC(=O)n1cc(CCN2CCCCC2)c2ccccc21. The van der Waals surface area contributed by atoms with Crippen LogP contribution in [0.3, 0.4) is 0 Å². The number of hydrogen-bond donors (Lipinski definition) is 0. The summed E-state index contributed by atoms with van der Waals surface area (Å²) in [6, 6.07) is 8.09. The van der Waals surface area contributed by atoms with Crippen molar-refractivity contribution in [2.45, 2.75) is 52.1 Å². The van der Waals surface area contributed by atoms with Gasteiger partial charge in [0.15, 0.2) is 0 Å². The van der Waals surface area contributed by atoms with Crippen LogP contribution >= 0.6 is 0 Å². The number of para-hydroxylation sites is 1. The third kappa shape index (κ3) is 3.99. The van der Waals surface area contributed by atoms with Gasteiger partial charge >= 0.3 is 6.09 Å². The van der Waals surface area contributed by atoms with Crippen molar-refractivity contribution in [3.63, 3.8) is 0 Å². The van der Waals surface area contributed by atoms with Crippen LogP contribution in [0, 0.1) is 0 Å². The molecule has 1 aromatic heterocycles. The third-order valence-electron chi connectivity index (χ3n) is 4.53. The van der Waals surface area contributed by atoms with Gasteiger partial charge in [-0.15, -0.1) is 0 Å². The number of fused-ring (bicyclic) bond motifs is 1. The van der Waals surface area contributed by atoms with Crippen LogP contribution in [0.1, 0.15) is 45.6 Å². The number of piperidine rings is 1. The maximum Gasteiger partial charge on any atom is 0.419 e. The van der Waals surface area contributed by atoms with Crippen molar-refractivity contribution in [3.8, 4) is 0 Å². The zero-order valence-corrected chi connectivity index (χ0v) is 15.0. The predicted octanol–water partition coefficient (Wildman–Crippen LogP) is 4.45. The predicted molar refractivity (Wildman–Crippen MR) is 97.6 cm³/mol. The van der Waals surface area contributed by atoms with Crippen molar-refractivity contribution in [2.75, 3.05) is 19.6 Å². The van der Waals surface area contributed by atoms with E-state index >= 15 is 0 Å². The summed E-state index contributed by atoms with van der Waals surface area (Å²) in [6.45, 7) is 9.15. The Morgan fingerprint density at radius 1 is 1.12 bits per heavy atom. The Bertz CT molecular complexity index is 706. The van der Waals surface area contributed by atoms with Gasteiger partial charge < -0.3 is 9.64 Å². The summed E-state index contributed by atoms with van der Waals surface area (Å²) in [5.74, 6) is 0. The largest absolute Gasteiger partial charge is 0.443 e. The number of likely N-dealkylation sites (tertiary alicyclic amines) is 1. The Morgan fingerprint density at radius 2 is 1.83 bits per heavy atom. The highest BCUT2D eigenvalue weighted by atomic mass is 16.6. The number of benzene rings is 1. The fourth-order valence-electron chi connectivity index (χ4n) is 3.37. The molecule has 0 aliphatic carbocycles. The Kier molecular flexibility index (Phi) is 4.95. The van der Waals surface area contributed by atoms with Crippen LogP contribution in [0.2, 0.25) is 0 Å². The van der Waals surface area contributed by atoms with Crippen LogP contribution in [0.25, 0.3) is 10.9 Å². The minimum Gasteiger partial charge on any atom is -0.443 e. The second kappa shape index (κ2) is 6.98. The summed E-state index contributed by atoms with van der Waals surface area (Å²) in [7, 11) is 0. The molecule has 3 rings (SSSR count). The molecule has 2 heterocycles. The van der Waals surface area contributed by atoms with Crippen LogP contribution in [-0.4, -0.2) is 40.8 Å². The van der Waals surface area contributed by atoms with Crippen molar-refractivity contribution in [2.24, 2.45) is 0 Å². The molecular weight excluding hydrogens is 300 g/mol. The molecule has 0 N–H and O–H groups in total. The van der Waals surface area contributed by atoms with E-state index in [0.29, 0.717) is 0 Å². The van der Waals surface area contributed by atoms with E-state index < -0.39 is 5.60 Å². The topological polar surface area (TPSA) is 34.5 Å². The maximum absolute atomic E-state index is 12.5. The first-order valence-electron chi connectivity index (χ1n) is 8.99. The number of aromatic nitrogens is 1. The van der Waals surface area contributed by atoms with Gasteiger partial charge in [-0.25, -0.2) is 4.79 Å². The van der Waals surface area contributed by atoms with E-state index in [1.54, 1.807) is 4.57 Å². The van der Waals surface area contributed by atoms with Crippen LogP contribution < -0.4 is 0 Å². The molecule has 2 aromatic rings. The first-order chi connectivity index (χ1) is 11.4. The highest BCUT2D eigenvalue weighted by Crippen LogP contribution is 2.24. The zero-order valence-electron chi connectivity index (χ0n) is 15.0. The highest BCUT2D eigenvalue weighted by molar-refractivity contribution is 5.92. The van der Waals surface area contributed by atoms with E-state index in [0.717, 1.165) is 23.9 Å². The van der Waals surface area contributed by atoms with Crippen molar-refractivity contribution in [1.82, 2.24) is 9.47 Å². The molecule has 0 amide bonds. The van der Waals surface area contributed by atoms with Gasteiger partial charge in [0.05, 0.1) is 5.52 Å². The molecular formula is C20H28N2O2. The Labute approximate surface area is 144 Å². The minimum absolute atomic E-state index is 0.303. The van der Waals surface area contributed by atoms with Crippen LogP contribution in [0.15, 0.2) is 30.5 Å². The lowest BCUT2D eigenvalue weighted by atomic mass is 10.1. The van der Waals surface area contributed by atoms with Crippen molar-refractivity contribution in [1.29, 1.82) is 0 Å². The summed E-state index contributed by atoms with van der Waals surface area (Å²) in [5.41, 5.74) is 1.67. The monoisotopic (exact) mass is 328 g/mol. The Balaban J connectivity index is 1.82. The molecule has 1 fully saturated rings. The van der Waals surface area contributed by atoms with Crippen LogP contribution in [0.4, 0.5) is 4.79 Å². The molecule has 0 spiro atoms. The molecule has 0 unspecified atom stereocenters. The number of hydrogen-bond acceptors (Lipinski definition) is 3. The number of nitrogens with zero attached hydrogens (tertiary/aromatic N) is 2. The average molecular weight is 328 g/mol. The number of ether oxygens (including phenoxy) is 1. The molecule has 1 aliphatic heterocycles. The Hall–Kier alpha value is -1.81. The summed E-state index contributed by atoms with van der Waals surface area (Å²) in [4.78, 5) is 15.1. The quantitative estimate of drug-likeness (QED) is 0.834. The van der Waals surface area contributed by atoms with Gasteiger partial charge in [0.2, 0.25) is 0 Å². The second-order valence-electron chi connectivity index (χ2n) is 7.67. The molecule has 0 atom stereocenters. The molecule has 130 valence electrons.